The molecule has 0 aliphatic heterocycles. The van der Waals surface area contributed by atoms with Crippen molar-refractivity contribution in [1.82, 2.24) is 14.3 Å². The lowest BCUT2D eigenvalue weighted by molar-refractivity contribution is -0.120. The largest absolute Gasteiger partial charge is 0.359 e. The van der Waals surface area contributed by atoms with E-state index in [2.05, 4.69) is 10.3 Å². The van der Waals surface area contributed by atoms with Crippen molar-refractivity contribution in [2.75, 3.05) is 12.8 Å². The average molecular weight is 426 g/mol. The number of amides is 1. The van der Waals surface area contributed by atoms with E-state index in [1.165, 1.54) is 15.7 Å². The molecule has 0 saturated heterocycles. The second-order valence-electron chi connectivity index (χ2n) is 6.43. The van der Waals surface area contributed by atoms with Gasteiger partial charge >= 0.3 is 0 Å². The Bertz CT molecular complexity index is 1310. The van der Waals surface area contributed by atoms with Crippen LogP contribution in [0, 0.1) is 0 Å². The molecule has 1 N–H and O–H groups in total. The van der Waals surface area contributed by atoms with Gasteiger partial charge in [-0.15, -0.1) is 0 Å². The van der Waals surface area contributed by atoms with Crippen LogP contribution in [0.4, 0.5) is 0 Å². The molecule has 6 nitrogen and oxygen atoms in total. The first-order valence-corrected chi connectivity index (χ1v) is 11.5. The summed E-state index contributed by atoms with van der Waals surface area (Å²) in [6.45, 7) is 0. The van der Waals surface area contributed by atoms with Crippen LogP contribution in [-0.4, -0.2) is 36.1 Å². The van der Waals surface area contributed by atoms with E-state index in [0.29, 0.717) is 21.9 Å². The smallest absolute Gasteiger partial charge is 0.270 e. The fourth-order valence-corrected chi connectivity index (χ4v) is 5.79. The summed E-state index contributed by atoms with van der Waals surface area (Å²) in [5.41, 5.74) is 1.11. The van der Waals surface area contributed by atoms with Gasteiger partial charge in [-0.05, 0) is 35.0 Å². The third-order valence-electron chi connectivity index (χ3n) is 4.59. The van der Waals surface area contributed by atoms with Crippen LogP contribution in [0.2, 0.25) is 0 Å². The number of fused-ring (bicyclic) bond motifs is 2. The quantitative estimate of drug-likeness (QED) is 0.477. The lowest BCUT2D eigenvalue weighted by Gasteiger charge is -2.11. The Morgan fingerprint density at radius 3 is 2.55 bits per heavy atom. The number of nitrogens with zero attached hydrogens (tertiary/aromatic N) is 2. The second kappa shape index (κ2) is 7.88. The van der Waals surface area contributed by atoms with Gasteiger partial charge in [0.25, 0.3) is 10.0 Å². The normalized spacial score (nSPS) is 11.8. The molecule has 148 valence electrons. The number of benzene rings is 3. The van der Waals surface area contributed by atoms with Gasteiger partial charge in [0.1, 0.15) is 0 Å². The SMILES string of the molecule is CNC(=O)CCSc1nc2ccccc2n1S(=O)(=O)c1ccc2ccccc2c1. The first-order valence-electron chi connectivity index (χ1n) is 9.06. The van der Waals surface area contributed by atoms with E-state index in [1.54, 1.807) is 43.4 Å². The van der Waals surface area contributed by atoms with Crippen LogP contribution in [-0.2, 0) is 14.8 Å². The maximum absolute atomic E-state index is 13.6. The summed E-state index contributed by atoms with van der Waals surface area (Å²) >= 11 is 1.25. The monoisotopic (exact) mass is 425 g/mol. The van der Waals surface area contributed by atoms with Crippen LogP contribution in [0.5, 0.6) is 0 Å². The number of thioether (sulfide) groups is 1. The van der Waals surface area contributed by atoms with Crippen molar-refractivity contribution < 1.29 is 13.2 Å². The number of nitrogens with one attached hydrogen (secondary N) is 1. The highest BCUT2D eigenvalue weighted by Crippen LogP contribution is 2.30. The molecule has 0 aliphatic carbocycles. The van der Waals surface area contributed by atoms with Gasteiger partial charge in [-0.1, -0.05) is 54.2 Å². The highest BCUT2D eigenvalue weighted by Gasteiger charge is 2.25. The summed E-state index contributed by atoms with van der Waals surface area (Å²) in [4.78, 5) is 16.2. The standard InChI is InChI=1S/C21H19N3O3S2/c1-22-20(25)12-13-28-21-23-18-8-4-5-9-19(18)24(21)29(26,27)17-11-10-15-6-2-3-7-16(15)14-17/h2-11,14H,12-13H2,1H3,(H,22,25). The number of carbonyl (C=O) groups is 1. The highest BCUT2D eigenvalue weighted by molar-refractivity contribution is 8.00. The fraction of sp³-hybridized carbons (Fsp3) is 0.143. The third kappa shape index (κ3) is 3.73. The van der Waals surface area contributed by atoms with Gasteiger partial charge in [-0.2, -0.15) is 0 Å². The molecule has 4 rings (SSSR count). The Morgan fingerprint density at radius 1 is 1.03 bits per heavy atom. The molecule has 3 aromatic carbocycles. The summed E-state index contributed by atoms with van der Waals surface area (Å²) in [6.07, 6.45) is 0.278. The minimum absolute atomic E-state index is 0.0995. The second-order valence-corrected chi connectivity index (χ2v) is 9.28. The van der Waals surface area contributed by atoms with Crippen LogP contribution in [0.25, 0.3) is 21.8 Å². The zero-order valence-electron chi connectivity index (χ0n) is 15.7. The van der Waals surface area contributed by atoms with Crippen molar-refractivity contribution >= 4 is 49.5 Å². The number of carbonyl (C=O) groups excluding carboxylic acids is 1. The molecule has 4 aromatic rings. The van der Waals surface area contributed by atoms with Crippen LogP contribution in [0.15, 0.2) is 76.8 Å². The van der Waals surface area contributed by atoms with E-state index in [0.717, 1.165) is 10.8 Å². The van der Waals surface area contributed by atoms with Crippen LogP contribution >= 0.6 is 11.8 Å². The van der Waals surface area contributed by atoms with Crippen molar-refractivity contribution in [3.05, 3.63) is 66.7 Å². The first-order chi connectivity index (χ1) is 14.0. The lowest BCUT2D eigenvalue weighted by Crippen LogP contribution is -2.18. The van der Waals surface area contributed by atoms with Crippen molar-refractivity contribution in [2.45, 2.75) is 16.5 Å². The molecule has 1 aromatic heterocycles. The summed E-state index contributed by atoms with van der Waals surface area (Å²) in [6, 6.07) is 19.9. The first kappa shape index (κ1) is 19.5. The summed E-state index contributed by atoms with van der Waals surface area (Å²) in [5, 5.41) is 4.75. The van der Waals surface area contributed by atoms with E-state index in [1.807, 2.05) is 30.3 Å². The van der Waals surface area contributed by atoms with Gasteiger partial charge in [0.05, 0.1) is 15.9 Å². The average Bonchev–Trinajstić information content (AvgIpc) is 3.12. The molecule has 8 heteroatoms. The number of hydrogen-bond donors (Lipinski definition) is 1. The number of imidazole rings is 1. The van der Waals surface area contributed by atoms with E-state index < -0.39 is 10.0 Å². The lowest BCUT2D eigenvalue weighted by atomic mass is 10.1. The van der Waals surface area contributed by atoms with E-state index in [4.69, 9.17) is 0 Å². The number of para-hydroxylation sites is 2. The minimum atomic E-state index is -3.87. The summed E-state index contributed by atoms with van der Waals surface area (Å²) in [5.74, 6) is 0.327. The zero-order valence-corrected chi connectivity index (χ0v) is 17.3. The highest BCUT2D eigenvalue weighted by atomic mass is 32.2. The zero-order chi connectivity index (χ0) is 20.4. The number of hydrogen-bond acceptors (Lipinski definition) is 5. The molecule has 0 bridgehead atoms. The predicted octanol–water partition coefficient (Wildman–Crippen LogP) is 3.65. The molecule has 0 atom stereocenters. The van der Waals surface area contributed by atoms with Gasteiger partial charge < -0.3 is 5.32 Å². The van der Waals surface area contributed by atoms with Crippen molar-refractivity contribution in [2.24, 2.45) is 0 Å². The molecule has 0 spiro atoms. The topological polar surface area (TPSA) is 81.1 Å². The minimum Gasteiger partial charge on any atom is -0.359 e. The molecule has 1 heterocycles. The molecule has 0 radical (unpaired) electrons. The molecule has 0 unspecified atom stereocenters. The van der Waals surface area contributed by atoms with E-state index in [-0.39, 0.29) is 17.2 Å². The molecular weight excluding hydrogens is 406 g/mol. The molecule has 1 amide bonds. The Morgan fingerprint density at radius 2 is 1.76 bits per heavy atom. The maximum Gasteiger partial charge on any atom is 0.270 e. The molecule has 0 aliphatic rings. The summed E-state index contributed by atoms with van der Waals surface area (Å²) < 4.78 is 28.4. The Labute approximate surface area is 173 Å². The molecule has 29 heavy (non-hydrogen) atoms. The molecule has 0 fully saturated rings. The Hall–Kier alpha value is -2.84. The number of aromatic nitrogens is 2. The third-order valence-corrected chi connectivity index (χ3v) is 7.34. The van der Waals surface area contributed by atoms with Crippen LogP contribution in [0.3, 0.4) is 0 Å². The molecule has 0 saturated carbocycles. The van der Waals surface area contributed by atoms with Gasteiger partial charge in [0.15, 0.2) is 5.16 Å². The Kier molecular flexibility index (Phi) is 5.29. The maximum atomic E-state index is 13.6. The van der Waals surface area contributed by atoms with Crippen LogP contribution < -0.4 is 5.32 Å². The van der Waals surface area contributed by atoms with E-state index >= 15 is 0 Å². The predicted molar refractivity (Wildman–Crippen MR) is 116 cm³/mol. The van der Waals surface area contributed by atoms with Crippen LogP contribution in [0.1, 0.15) is 6.42 Å². The van der Waals surface area contributed by atoms with Crippen molar-refractivity contribution in [3.63, 3.8) is 0 Å². The Balaban J connectivity index is 1.81. The van der Waals surface area contributed by atoms with Gasteiger partial charge in [0, 0.05) is 19.2 Å². The molecular formula is C21H19N3O3S2. The van der Waals surface area contributed by atoms with Gasteiger partial charge in [-0.25, -0.2) is 17.4 Å². The van der Waals surface area contributed by atoms with Gasteiger partial charge in [0.2, 0.25) is 5.91 Å². The fourth-order valence-electron chi connectivity index (χ4n) is 3.10. The number of rotatable bonds is 6. The van der Waals surface area contributed by atoms with Crippen molar-refractivity contribution in [3.8, 4) is 0 Å². The van der Waals surface area contributed by atoms with Crippen molar-refractivity contribution in [1.29, 1.82) is 0 Å². The summed E-state index contributed by atoms with van der Waals surface area (Å²) in [7, 11) is -2.29. The van der Waals surface area contributed by atoms with Gasteiger partial charge in [-0.3, -0.25) is 4.79 Å². The van der Waals surface area contributed by atoms with E-state index in [9.17, 15) is 13.2 Å².